The van der Waals surface area contributed by atoms with Crippen LogP contribution in [0, 0.1) is 0 Å². The van der Waals surface area contributed by atoms with Crippen LogP contribution in [0.4, 0.5) is 5.69 Å². The fraction of sp³-hybridized carbons (Fsp3) is 0.150. The van der Waals surface area contributed by atoms with Crippen molar-refractivity contribution in [2.24, 2.45) is 4.99 Å². The van der Waals surface area contributed by atoms with Gasteiger partial charge in [0.15, 0.2) is 11.3 Å². The smallest absolute Gasteiger partial charge is 0.263 e. The summed E-state index contributed by atoms with van der Waals surface area (Å²) in [7, 11) is 3.05. The Labute approximate surface area is 155 Å². The van der Waals surface area contributed by atoms with Gasteiger partial charge in [-0.15, -0.1) is 0 Å². The number of hydrogen-bond acceptors (Lipinski definition) is 6. The number of carbonyl (C=O) groups excluding carboxylic acids is 2. The molecule has 0 saturated carbocycles. The van der Waals surface area contributed by atoms with E-state index in [2.05, 4.69) is 10.3 Å². The summed E-state index contributed by atoms with van der Waals surface area (Å²) in [6.45, 7) is 1.26. The van der Waals surface area contributed by atoms with Crippen LogP contribution in [0.5, 0.6) is 11.5 Å². The van der Waals surface area contributed by atoms with Crippen molar-refractivity contribution < 1.29 is 23.5 Å². The van der Waals surface area contributed by atoms with Crippen LogP contribution in [0.3, 0.4) is 0 Å². The average Bonchev–Trinajstić information content (AvgIpc) is 2.66. The first-order valence-electron chi connectivity index (χ1n) is 8.14. The quantitative estimate of drug-likeness (QED) is 0.767. The molecule has 0 saturated heterocycles. The summed E-state index contributed by atoms with van der Waals surface area (Å²) >= 11 is 0. The van der Waals surface area contributed by atoms with E-state index in [9.17, 15) is 9.59 Å². The Morgan fingerprint density at radius 3 is 2.41 bits per heavy atom. The first kappa shape index (κ1) is 18.2. The first-order valence-corrected chi connectivity index (χ1v) is 8.14. The number of hydrogen-bond donors (Lipinski definition) is 1. The molecular formula is C20H18N2O5. The van der Waals surface area contributed by atoms with Gasteiger partial charge in [0, 0.05) is 12.3 Å². The monoisotopic (exact) mass is 366 g/mol. The minimum atomic E-state index is -0.607. The zero-order valence-corrected chi connectivity index (χ0v) is 15.1. The van der Waals surface area contributed by atoms with E-state index in [0.29, 0.717) is 28.2 Å². The molecule has 0 fully saturated rings. The van der Waals surface area contributed by atoms with Crippen molar-refractivity contribution in [2.45, 2.75) is 6.92 Å². The number of rotatable bonds is 4. The number of nitrogens with zero attached hydrogens (tertiary/aromatic N) is 1. The summed E-state index contributed by atoms with van der Waals surface area (Å²) in [6.07, 6.45) is 0. The fourth-order valence-corrected chi connectivity index (χ4v) is 2.59. The van der Waals surface area contributed by atoms with Crippen molar-refractivity contribution >= 4 is 28.5 Å². The Kier molecular flexibility index (Phi) is 5.21. The van der Waals surface area contributed by atoms with E-state index in [1.165, 1.54) is 21.1 Å². The highest BCUT2D eigenvalue weighted by Gasteiger charge is 2.16. The third-order valence-corrected chi connectivity index (χ3v) is 3.80. The summed E-state index contributed by atoms with van der Waals surface area (Å²) in [4.78, 5) is 28.3. The minimum absolute atomic E-state index is 0.0373. The highest BCUT2D eigenvalue weighted by atomic mass is 16.5. The minimum Gasteiger partial charge on any atom is -0.494 e. The van der Waals surface area contributed by atoms with Crippen LogP contribution < -0.4 is 20.3 Å². The topological polar surface area (TPSA) is 90.1 Å². The zero-order chi connectivity index (χ0) is 19.4. The lowest BCUT2D eigenvalue weighted by molar-refractivity contribution is -0.118. The number of carbonyl (C=O) groups is 2. The Hall–Kier alpha value is -3.61. The maximum absolute atomic E-state index is 12.5. The Morgan fingerprint density at radius 1 is 1.00 bits per heavy atom. The van der Waals surface area contributed by atoms with E-state index in [-0.39, 0.29) is 11.1 Å². The van der Waals surface area contributed by atoms with Crippen LogP contribution in [0.1, 0.15) is 17.3 Å². The van der Waals surface area contributed by atoms with Gasteiger partial charge in [0.05, 0.1) is 14.2 Å². The second-order valence-corrected chi connectivity index (χ2v) is 5.64. The number of ether oxygens (including phenoxy) is 2. The second-order valence-electron chi connectivity index (χ2n) is 5.64. The maximum Gasteiger partial charge on any atom is 0.263 e. The Morgan fingerprint density at radius 2 is 1.70 bits per heavy atom. The van der Waals surface area contributed by atoms with Crippen LogP contribution in [-0.2, 0) is 4.79 Å². The van der Waals surface area contributed by atoms with Crippen molar-refractivity contribution in [1.29, 1.82) is 0 Å². The Balaban J connectivity index is 2.31. The van der Waals surface area contributed by atoms with Crippen LogP contribution in [0.25, 0.3) is 11.0 Å². The average molecular weight is 366 g/mol. The van der Waals surface area contributed by atoms with Gasteiger partial charge in [0.25, 0.3) is 5.91 Å². The molecule has 0 spiro atoms. The lowest BCUT2D eigenvalue weighted by atomic mass is 10.1. The molecule has 3 aromatic rings. The zero-order valence-electron chi connectivity index (χ0n) is 15.1. The van der Waals surface area contributed by atoms with Gasteiger partial charge >= 0.3 is 0 Å². The van der Waals surface area contributed by atoms with Crippen molar-refractivity contribution in [2.75, 3.05) is 14.2 Å². The number of fused-ring (bicyclic) bond motifs is 1. The van der Waals surface area contributed by atoms with Gasteiger partial charge in [-0.1, -0.05) is 24.3 Å². The van der Waals surface area contributed by atoms with Crippen molar-refractivity contribution in [1.82, 2.24) is 5.32 Å². The van der Waals surface area contributed by atoms with Gasteiger partial charge in [-0.05, 0) is 24.3 Å². The van der Waals surface area contributed by atoms with E-state index in [1.807, 2.05) is 6.07 Å². The summed E-state index contributed by atoms with van der Waals surface area (Å²) < 4.78 is 16.5. The van der Waals surface area contributed by atoms with Crippen molar-refractivity contribution in [3.05, 3.63) is 59.6 Å². The van der Waals surface area contributed by atoms with E-state index >= 15 is 0 Å². The predicted molar refractivity (Wildman–Crippen MR) is 99.1 cm³/mol. The number of imide groups is 1. The molecule has 138 valence electrons. The molecule has 3 rings (SSSR count). The fourth-order valence-electron chi connectivity index (χ4n) is 2.59. The maximum atomic E-state index is 12.5. The molecule has 27 heavy (non-hydrogen) atoms. The Bertz CT molecular complexity index is 1090. The molecule has 0 atom stereocenters. The first-order chi connectivity index (χ1) is 13.0. The standard InChI is InChI=1S/C20H18N2O5/c1-12(23)21-19(24)14-11-13-7-6-10-17(26-3)18(13)27-20(14)22-15-8-4-5-9-16(15)25-2/h4-11H,1-3H3,(H,21,23,24). The summed E-state index contributed by atoms with van der Waals surface area (Å²) in [6, 6.07) is 14.0. The number of amides is 2. The molecular weight excluding hydrogens is 348 g/mol. The molecule has 7 heteroatoms. The third-order valence-electron chi connectivity index (χ3n) is 3.80. The molecule has 1 heterocycles. The predicted octanol–water partition coefficient (Wildman–Crippen LogP) is 2.96. The van der Waals surface area contributed by atoms with Gasteiger partial charge in [-0.2, -0.15) is 0 Å². The van der Waals surface area contributed by atoms with E-state index in [4.69, 9.17) is 13.9 Å². The van der Waals surface area contributed by atoms with E-state index in [0.717, 1.165) is 0 Å². The van der Waals surface area contributed by atoms with Crippen LogP contribution >= 0.6 is 0 Å². The lowest BCUT2D eigenvalue weighted by Crippen LogP contribution is -2.32. The highest BCUT2D eigenvalue weighted by molar-refractivity contribution is 6.05. The van der Waals surface area contributed by atoms with Gasteiger partial charge in [0.2, 0.25) is 11.5 Å². The van der Waals surface area contributed by atoms with E-state index in [1.54, 1.807) is 42.5 Å². The lowest BCUT2D eigenvalue weighted by Gasteiger charge is -2.08. The SMILES string of the molecule is COc1ccccc1N=c1oc2c(OC)cccc2cc1C(=O)NC(C)=O. The molecule has 7 nitrogen and oxygen atoms in total. The molecule has 0 unspecified atom stereocenters. The molecule has 0 aliphatic carbocycles. The highest BCUT2D eigenvalue weighted by Crippen LogP contribution is 2.27. The van der Waals surface area contributed by atoms with Crippen molar-refractivity contribution in [3.63, 3.8) is 0 Å². The van der Waals surface area contributed by atoms with Gasteiger partial charge in [0.1, 0.15) is 17.0 Å². The largest absolute Gasteiger partial charge is 0.494 e. The van der Waals surface area contributed by atoms with Crippen LogP contribution in [0.15, 0.2) is 57.9 Å². The molecule has 1 N–H and O–H groups in total. The second kappa shape index (κ2) is 7.74. The van der Waals surface area contributed by atoms with Crippen molar-refractivity contribution in [3.8, 4) is 11.5 Å². The van der Waals surface area contributed by atoms with Gasteiger partial charge in [-0.25, -0.2) is 4.99 Å². The summed E-state index contributed by atoms with van der Waals surface area (Å²) in [5.74, 6) is -0.0631. The van der Waals surface area contributed by atoms with E-state index < -0.39 is 11.8 Å². The molecule has 2 aromatic carbocycles. The number of para-hydroxylation sites is 3. The van der Waals surface area contributed by atoms with Gasteiger partial charge in [-0.3, -0.25) is 14.9 Å². The number of benzene rings is 2. The molecule has 2 amide bonds. The van der Waals surface area contributed by atoms with Crippen LogP contribution in [0.2, 0.25) is 0 Å². The summed E-state index contributed by atoms with van der Waals surface area (Å²) in [5.41, 5.74) is 1.08. The third kappa shape index (κ3) is 3.82. The molecule has 0 aliphatic rings. The number of nitrogens with one attached hydrogen (secondary N) is 1. The molecule has 0 aliphatic heterocycles. The molecule has 0 bridgehead atoms. The van der Waals surface area contributed by atoms with Crippen LogP contribution in [-0.4, -0.2) is 26.0 Å². The summed E-state index contributed by atoms with van der Waals surface area (Å²) in [5, 5.41) is 2.89. The molecule has 0 radical (unpaired) electrons. The number of methoxy groups -OCH3 is 2. The normalized spacial score (nSPS) is 11.3. The van der Waals surface area contributed by atoms with Gasteiger partial charge < -0.3 is 13.9 Å². The molecule has 1 aromatic heterocycles.